The molecule has 32 heavy (non-hydrogen) atoms. The van der Waals surface area contributed by atoms with E-state index in [2.05, 4.69) is 16.8 Å². The van der Waals surface area contributed by atoms with Gasteiger partial charge < -0.3 is 15.0 Å². The average Bonchev–Trinajstić information content (AvgIpc) is 2.76. The van der Waals surface area contributed by atoms with Gasteiger partial charge in [-0.2, -0.15) is 0 Å². The monoisotopic (exact) mass is 444 g/mol. The van der Waals surface area contributed by atoms with Crippen LogP contribution in [-0.4, -0.2) is 78.5 Å². The second kappa shape index (κ2) is 10.4. The van der Waals surface area contributed by atoms with E-state index >= 15 is 0 Å². The molecule has 1 saturated heterocycles. The van der Waals surface area contributed by atoms with Crippen molar-refractivity contribution in [2.75, 3.05) is 45.9 Å². The number of nitrogens with one attached hydrogen (secondary N) is 1. The first kappa shape index (κ1) is 23.5. The summed E-state index contributed by atoms with van der Waals surface area (Å²) in [6, 6.07) is 4.57. The highest BCUT2D eigenvalue weighted by Gasteiger charge is 2.38. The fourth-order valence-electron chi connectivity index (χ4n) is 4.01. The lowest BCUT2D eigenvalue weighted by atomic mass is 9.94. The smallest absolute Gasteiger partial charge is 0.338 e. The molecule has 1 N–H and O–H groups in total. The number of hydrogen-bond donors (Lipinski definition) is 1. The van der Waals surface area contributed by atoms with Crippen LogP contribution < -0.4 is 5.32 Å². The molecule has 0 bridgehead atoms. The Kier molecular flexibility index (Phi) is 7.63. The molecule has 1 fully saturated rings. The summed E-state index contributed by atoms with van der Waals surface area (Å²) in [5, 5.41) is 2.82. The molecule has 1 atom stereocenters. The third kappa shape index (κ3) is 5.16. The van der Waals surface area contributed by atoms with E-state index in [1.54, 1.807) is 24.0 Å². The van der Waals surface area contributed by atoms with Gasteiger partial charge in [-0.05, 0) is 24.6 Å². The van der Waals surface area contributed by atoms with E-state index in [0.29, 0.717) is 44.0 Å². The molecular weight excluding hydrogens is 415 g/mol. The molecule has 9 heteroatoms. The van der Waals surface area contributed by atoms with E-state index < -0.39 is 23.9 Å². The van der Waals surface area contributed by atoms with Crippen molar-refractivity contribution in [2.45, 2.75) is 19.9 Å². The summed E-state index contributed by atoms with van der Waals surface area (Å²) in [5.41, 5.74) is 1.23. The number of carbonyl (C=O) groups is 3. The van der Waals surface area contributed by atoms with E-state index in [9.17, 15) is 18.8 Å². The highest BCUT2D eigenvalue weighted by molar-refractivity contribution is 5.95. The van der Waals surface area contributed by atoms with Crippen LogP contribution in [0.2, 0.25) is 0 Å². The van der Waals surface area contributed by atoms with Gasteiger partial charge in [-0.1, -0.05) is 18.2 Å². The minimum Gasteiger partial charge on any atom is -0.463 e. The topological polar surface area (TPSA) is 82.2 Å². The van der Waals surface area contributed by atoms with Crippen LogP contribution in [0, 0.1) is 5.82 Å². The van der Waals surface area contributed by atoms with Gasteiger partial charge in [-0.3, -0.25) is 14.6 Å². The Morgan fingerprint density at radius 3 is 2.59 bits per heavy atom. The number of carbonyl (C=O) groups excluding carboxylic acids is 3. The minimum absolute atomic E-state index is 0.0209. The van der Waals surface area contributed by atoms with E-state index in [0.717, 1.165) is 0 Å². The van der Waals surface area contributed by atoms with Gasteiger partial charge in [0, 0.05) is 51.9 Å². The van der Waals surface area contributed by atoms with Crippen LogP contribution in [-0.2, 0) is 14.3 Å². The van der Waals surface area contributed by atoms with Gasteiger partial charge in [0.05, 0.1) is 18.2 Å². The van der Waals surface area contributed by atoms with Crippen LogP contribution in [0.4, 0.5) is 9.18 Å². The molecule has 1 aromatic carbocycles. The quantitative estimate of drug-likeness (QED) is 0.514. The van der Waals surface area contributed by atoms with Crippen molar-refractivity contribution in [3.8, 4) is 0 Å². The van der Waals surface area contributed by atoms with Crippen molar-refractivity contribution in [3.63, 3.8) is 0 Å². The number of benzene rings is 1. The Bertz CT molecular complexity index is 924. The molecule has 8 nitrogen and oxygen atoms in total. The van der Waals surface area contributed by atoms with Crippen LogP contribution in [0.25, 0.3) is 0 Å². The zero-order chi connectivity index (χ0) is 23.3. The number of ether oxygens (including phenoxy) is 1. The van der Waals surface area contributed by atoms with Crippen LogP contribution in [0.5, 0.6) is 0 Å². The predicted octanol–water partition coefficient (Wildman–Crippen LogP) is 2.06. The highest BCUT2D eigenvalue weighted by Crippen LogP contribution is 2.32. The Labute approximate surface area is 187 Å². The standard InChI is InChI=1S/C23H29FN4O4/c1-4-9-28-19(15-26-10-12-27(13-11-26)16(3)29)20(22(30)32-5-2)21(25-23(28)31)17-7-6-8-18(24)14-17/h4,6-8,14,21H,1,5,9-13,15H2,2-3H3,(H,25,31)/t21-/m0/s1. The van der Waals surface area contributed by atoms with Crippen LogP contribution in [0.1, 0.15) is 25.5 Å². The molecule has 0 radical (unpaired) electrons. The van der Waals surface area contributed by atoms with Gasteiger partial charge in [0.25, 0.3) is 0 Å². The number of piperazine rings is 1. The lowest BCUT2D eigenvalue weighted by Crippen LogP contribution is -2.53. The molecule has 2 heterocycles. The van der Waals surface area contributed by atoms with Crippen molar-refractivity contribution in [3.05, 3.63) is 59.6 Å². The molecule has 1 aromatic rings. The van der Waals surface area contributed by atoms with Gasteiger partial charge in [0.15, 0.2) is 0 Å². The Balaban J connectivity index is 2.03. The summed E-state index contributed by atoms with van der Waals surface area (Å²) in [4.78, 5) is 43.0. The Morgan fingerprint density at radius 1 is 1.28 bits per heavy atom. The Morgan fingerprint density at radius 2 is 2.00 bits per heavy atom. The van der Waals surface area contributed by atoms with Crippen LogP contribution in [0.3, 0.4) is 0 Å². The molecule has 0 aromatic heterocycles. The molecule has 0 spiro atoms. The lowest BCUT2D eigenvalue weighted by Gasteiger charge is -2.40. The van der Waals surface area contributed by atoms with E-state index in [1.165, 1.54) is 30.0 Å². The first-order valence-electron chi connectivity index (χ1n) is 10.7. The zero-order valence-corrected chi connectivity index (χ0v) is 18.5. The normalized spacial score (nSPS) is 19.6. The van der Waals surface area contributed by atoms with Gasteiger partial charge in [0.2, 0.25) is 5.91 Å². The SMILES string of the molecule is C=CCN1C(=O)N[C@@H](c2cccc(F)c2)C(C(=O)OCC)=C1CN1CCN(C(C)=O)CC1. The number of halogens is 1. The highest BCUT2D eigenvalue weighted by atomic mass is 19.1. The van der Waals surface area contributed by atoms with Gasteiger partial charge >= 0.3 is 12.0 Å². The number of rotatable bonds is 7. The number of amides is 3. The van der Waals surface area contributed by atoms with Crippen LogP contribution >= 0.6 is 0 Å². The third-order valence-electron chi connectivity index (χ3n) is 5.62. The maximum absolute atomic E-state index is 14.0. The Hall–Kier alpha value is -3.20. The second-order valence-electron chi connectivity index (χ2n) is 7.70. The number of hydrogen-bond acceptors (Lipinski definition) is 5. The summed E-state index contributed by atoms with van der Waals surface area (Å²) in [6.45, 7) is 10.00. The van der Waals surface area contributed by atoms with E-state index in [4.69, 9.17) is 4.74 Å². The van der Waals surface area contributed by atoms with Gasteiger partial charge in [-0.15, -0.1) is 6.58 Å². The van der Waals surface area contributed by atoms with Gasteiger partial charge in [-0.25, -0.2) is 14.0 Å². The molecule has 0 aliphatic carbocycles. The van der Waals surface area contributed by atoms with Crippen molar-refractivity contribution in [2.24, 2.45) is 0 Å². The van der Waals surface area contributed by atoms with Gasteiger partial charge in [0.1, 0.15) is 5.82 Å². The van der Waals surface area contributed by atoms with Crippen molar-refractivity contribution < 1.29 is 23.5 Å². The molecule has 2 aliphatic rings. The molecule has 172 valence electrons. The molecule has 3 rings (SSSR count). The first-order valence-corrected chi connectivity index (χ1v) is 10.7. The minimum atomic E-state index is -0.841. The molecule has 0 unspecified atom stereocenters. The summed E-state index contributed by atoms with van der Waals surface area (Å²) in [7, 11) is 0. The second-order valence-corrected chi connectivity index (χ2v) is 7.70. The number of urea groups is 1. The average molecular weight is 445 g/mol. The van der Waals surface area contributed by atoms with Crippen LogP contribution in [0.15, 0.2) is 48.2 Å². The maximum Gasteiger partial charge on any atom is 0.338 e. The first-order chi connectivity index (χ1) is 15.3. The summed E-state index contributed by atoms with van der Waals surface area (Å²) >= 11 is 0. The fourth-order valence-corrected chi connectivity index (χ4v) is 4.01. The summed E-state index contributed by atoms with van der Waals surface area (Å²) in [5.74, 6) is -1.00. The molecule has 2 aliphatic heterocycles. The zero-order valence-electron chi connectivity index (χ0n) is 18.5. The lowest BCUT2D eigenvalue weighted by molar-refractivity contribution is -0.139. The summed E-state index contributed by atoms with van der Waals surface area (Å²) in [6.07, 6.45) is 1.58. The molecule has 0 saturated carbocycles. The maximum atomic E-state index is 14.0. The fraction of sp³-hybridized carbons (Fsp3) is 0.435. The van der Waals surface area contributed by atoms with Crippen molar-refractivity contribution in [1.29, 1.82) is 0 Å². The number of esters is 1. The predicted molar refractivity (Wildman–Crippen MR) is 117 cm³/mol. The van der Waals surface area contributed by atoms with Crippen molar-refractivity contribution in [1.82, 2.24) is 20.0 Å². The summed E-state index contributed by atoms with van der Waals surface area (Å²) < 4.78 is 19.3. The van der Waals surface area contributed by atoms with Crippen molar-refractivity contribution >= 4 is 17.9 Å². The van der Waals surface area contributed by atoms with E-state index in [-0.39, 0.29) is 24.6 Å². The third-order valence-corrected chi connectivity index (χ3v) is 5.62. The largest absolute Gasteiger partial charge is 0.463 e. The molecular formula is C23H29FN4O4. The number of nitrogens with zero attached hydrogens (tertiary/aromatic N) is 3. The van der Waals surface area contributed by atoms with E-state index in [1.807, 2.05) is 0 Å². The molecule has 3 amide bonds.